The second kappa shape index (κ2) is 5.14. The SMILES string of the molecule is Cc1ccnc(NCC2CCCN2)c1C(N)=O. The summed E-state index contributed by atoms with van der Waals surface area (Å²) in [5, 5.41) is 6.59. The minimum Gasteiger partial charge on any atom is -0.368 e. The molecule has 1 atom stereocenters. The Balaban J connectivity index is 2.09. The number of nitrogens with one attached hydrogen (secondary N) is 2. The molecule has 2 heterocycles. The number of aromatic nitrogens is 1. The molecule has 0 saturated carbocycles. The van der Waals surface area contributed by atoms with Crippen molar-refractivity contribution >= 4 is 11.7 Å². The molecule has 5 heteroatoms. The van der Waals surface area contributed by atoms with Gasteiger partial charge in [0.25, 0.3) is 5.91 Å². The number of anilines is 1. The molecule has 1 saturated heterocycles. The van der Waals surface area contributed by atoms with Gasteiger partial charge in [0.1, 0.15) is 5.82 Å². The fraction of sp³-hybridized carbons (Fsp3) is 0.500. The number of aryl methyl sites for hydroxylation is 1. The van der Waals surface area contributed by atoms with Crippen LogP contribution in [-0.2, 0) is 0 Å². The fourth-order valence-corrected chi connectivity index (χ4v) is 2.15. The van der Waals surface area contributed by atoms with E-state index in [1.165, 1.54) is 6.42 Å². The van der Waals surface area contributed by atoms with Crippen molar-refractivity contribution in [3.63, 3.8) is 0 Å². The van der Waals surface area contributed by atoms with Crippen LogP contribution in [0.4, 0.5) is 5.82 Å². The second-order valence-electron chi connectivity index (χ2n) is 4.39. The van der Waals surface area contributed by atoms with Crippen molar-refractivity contribution in [1.29, 1.82) is 0 Å². The first-order valence-electron chi connectivity index (χ1n) is 5.91. The van der Waals surface area contributed by atoms with Crippen LogP contribution in [0.2, 0.25) is 0 Å². The molecule has 1 aliphatic heterocycles. The molecule has 4 N–H and O–H groups in total. The monoisotopic (exact) mass is 234 g/mol. The Morgan fingerprint density at radius 3 is 3.18 bits per heavy atom. The van der Waals surface area contributed by atoms with Crippen molar-refractivity contribution in [1.82, 2.24) is 10.3 Å². The van der Waals surface area contributed by atoms with Gasteiger partial charge < -0.3 is 16.4 Å². The molecule has 0 radical (unpaired) electrons. The second-order valence-corrected chi connectivity index (χ2v) is 4.39. The van der Waals surface area contributed by atoms with Crippen LogP contribution in [0, 0.1) is 6.92 Å². The molecule has 1 aromatic heterocycles. The zero-order valence-corrected chi connectivity index (χ0v) is 9.99. The van der Waals surface area contributed by atoms with E-state index in [1.807, 2.05) is 6.92 Å². The first-order chi connectivity index (χ1) is 8.18. The van der Waals surface area contributed by atoms with E-state index in [2.05, 4.69) is 15.6 Å². The fourth-order valence-electron chi connectivity index (χ4n) is 2.15. The maximum atomic E-state index is 11.4. The van der Waals surface area contributed by atoms with Crippen molar-refractivity contribution in [2.75, 3.05) is 18.4 Å². The number of carbonyl (C=O) groups is 1. The van der Waals surface area contributed by atoms with Crippen LogP contribution in [0.3, 0.4) is 0 Å². The molecule has 0 aliphatic carbocycles. The van der Waals surface area contributed by atoms with Gasteiger partial charge in [0.05, 0.1) is 5.56 Å². The van der Waals surface area contributed by atoms with Gasteiger partial charge in [-0.3, -0.25) is 4.79 Å². The van der Waals surface area contributed by atoms with Crippen molar-refractivity contribution < 1.29 is 4.79 Å². The summed E-state index contributed by atoms with van der Waals surface area (Å²) in [7, 11) is 0. The third kappa shape index (κ3) is 2.74. The number of nitrogens with two attached hydrogens (primary N) is 1. The van der Waals surface area contributed by atoms with E-state index in [9.17, 15) is 4.79 Å². The number of pyridine rings is 1. The topological polar surface area (TPSA) is 80.0 Å². The predicted octanol–water partition coefficient (Wildman–Crippen LogP) is 0.653. The minimum absolute atomic E-state index is 0.433. The van der Waals surface area contributed by atoms with Crippen LogP contribution in [0.5, 0.6) is 0 Å². The summed E-state index contributed by atoms with van der Waals surface area (Å²) in [6.45, 7) is 3.70. The Hall–Kier alpha value is -1.62. The highest BCUT2D eigenvalue weighted by Gasteiger charge is 2.16. The van der Waals surface area contributed by atoms with Crippen LogP contribution in [0.15, 0.2) is 12.3 Å². The predicted molar refractivity (Wildman–Crippen MR) is 67.0 cm³/mol. The van der Waals surface area contributed by atoms with Gasteiger partial charge in [-0.05, 0) is 37.9 Å². The van der Waals surface area contributed by atoms with Gasteiger partial charge in [0.15, 0.2) is 0 Å². The minimum atomic E-state index is -0.433. The lowest BCUT2D eigenvalue weighted by Crippen LogP contribution is -2.30. The molecular weight excluding hydrogens is 216 g/mol. The number of amides is 1. The maximum Gasteiger partial charge on any atom is 0.252 e. The van der Waals surface area contributed by atoms with E-state index in [0.717, 1.165) is 25.1 Å². The number of rotatable bonds is 4. The molecule has 1 fully saturated rings. The van der Waals surface area contributed by atoms with Crippen LogP contribution < -0.4 is 16.4 Å². The zero-order chi connectivity index (χ0) is 12.3. The highest BCUT2D eigenvalue weighted by Crippen LogP contribution is 2.16. The molecule has 1 aliphatic rings. The molecule has 1 amide bonds. The number of primary amides is 1. The summed E-state index contributed by atoms with van der Waals surface area (Å²) in [6, 6.07) is 2.25. The third-order valence-electron chi connectivity index (χ3n) is 3.08. The van der Waals surface area contributed by atoms with E-state index < -0.39 is 5.91 Å². The van der Waals surface area contributed by atoms with E-state index in [-0.39, 0.29) is 0 Å². The average molecular weight is 234 g/mol. The zero-order valence-electron chi connectivity index (χ0n) is 9.99. The largest absolute Gasteiger partial charge is 0.368 e. The van der Waals surface area contributed by atoms with Crippen LogP contribution in [0.25, 0.3) is 0 Å². The van der Waals surface area contributed by atoms with Crippen LogP contribution in [-0.4, -0.2) is 30.0 Å². The van der Waals surface area contributed by atoms with Gasteiger partial charge in [-0.15, -0.1) is 0 Å². The summed E-state index contributed by atoms with van der Waals surface area (Å²) < 4.78 is 0. The van der Waals surface area contributed by atoms with Crippen molar-refractivity contribution in [3.05, 3.63) is 23.4 Å². The third-order valence-corrected chi connectivity index (χ3v) is 3.08. The molecule has 5 nitrogen and oxygen atoms in total. The molecule has 0 spiro atoms. The maximum absolute atomic E-state index is 11.4. The Bertz CT molecular complexity index is 413. The molecule has 92 valence electrons. The summed E-state index contributed by atoms with van der Waals surface area (Å²) >= 11 is 0. The van der Waals surface area contributed by atoms with E-state index in [1.54, 1.807) is 12.3 Å². The lowest BCUT2D eigenvalue weighted by Gasteiger charge is -2.14. The van der Waals surface area contributed by atoms with E-state index >= 15 is 0 Å². The first kappa shape index (κ1) is 11.9. The van der Waals surface area contributed by atoms with E-state index in [4.69, 9.17) is 5.73 Å². The van der Waals surface area contributed by atoms with Crippen LogP contribution >= 0.6 is 0 Å². The number of carbonyl (C=O) groups excluding carboxylic acids is 1. The Kier molecular flexibility index (Phi) is 3.58. The van der Waals surface area contributed by atoms with Gasteiger partial charge in [-0.25, -0.2) is 4.98 Å². The van der Waals surface area contributed by atoms with Crippen molar-refractivity contribution in [2.24, 2.45) is 5.73 Å². The Labute approximate surface area is 101 Å². The molecule has 17 heavy (non-hydrogen) atoms. The average Bonchev–Trinajstić information content (AvgIpc) is 2.78. The number of hydrogen-bond acceptors (Lipinski definition) is 4. The Morgan fingerprint density at radius 2 is 2.53 bits per heavy atom. The standard InChI is InChI=1S/C12H18N4O/c1-8-4-6-15-12(10(8)11(13)17)16-7-9-3-2-5-14-9/h4,6,9,14H,2-3,5,7H2,1H3,(H2,13,17)(H,15,16). The lowest BCUT2D eigenvalue weighted by molar-refractivity contribution is 0.1000. The first-order valence-corrected chi connectivity index (χ1v) is 5.91. The Morgan fingerprint density at radius 1 is 1.71 bits per heavy atom. The van der Waals surface area contributed by atoms with Gasteiger partial charge in [0, 0.05) is 18.8 Å². The number of nitrogens with zero attached hydrogens (tertiary/aromatic N) is 1. The summed E-state index contributed by atoms with van der Waals surface area (Å²) in [4.78, 5) is 15.5. The highest BCUT2D eigenvalue weighted by atomic mass is 16.1. The highest BCUT2D eigenvalue weighted by molar-refractivity contribution is 5.98. The lowest BCUT2D eigenvalue weighted by atomic mass is 10.1. The van der Waals surface area contributed by atoms with Gasteiger partial charge in [-0.1, -0.05) is 0 Å². The molecule has 0 bridgehead atoms. The van der Waals surface area contributed by atoms with Crippen molar-refractivity contribution in [2.45, 2.75) is 25.8 Å². The van der Waals surface area contributed by atoms with Gasteiger partial charge >= 0.3 is 0 Å². The summed E-state index contributed by atoms with van der Waals surface area (Å²) in [5.41, 5.74) is 6.71. The molecular formula is C12H18N4O. The van der Waals surface area contributed by atoms with E-state index in [0.29, 0.717) is 17.4 Å². The normalized spacial score (nSPS) is 19.2. The van der Waals surface area contributed by atoms with Gasteiger partial charge in [0.2, 0.25) is 0 Å². The molecule has 1 unspecified atom stereocenters. The summed E-state index contributed by atoms with van der Waals surface area (Å²) in [6.07, 6.45) is 4.05. The molecule has 2 rings (SSSR count). The molecule has 0 aromatic carbocycles. The smallest absolute Gasteiger partial charge is 0.252 e. The van der Waals surface area contributed by atoms with Crippen molar-refractivity contribution in [3.8, 4) is 0 Å². The van der Waals surface area contributed by atoms with Crippen LogP contribution in [0.1, 0.15) is 28.8 Å². The molecule has 1 aromatic rings. The summed E-state index contributed by atoms with van der Waals surface area (Å²) in [5.74, 6) is 0.156. The van der Waals surface area contributed by atoms with Gasteiger partial charge in [-0.2, -0.15) is 0 Å². The quantitative estimate of drug-likeness (QED) is 0.714. The number of hydrogen-bond donors (Lipinski definition) is 3.